The summed E-state index contributed by atoms with van der Waals surface area (Å²) in [4.78, 5) is 38.9. The fraction of sp³-hybridized carbons (Fsp3) is 0.439. The summed E-state index contributed by atoms with van der Waals surface area (Å²) in [7, 11) is 9.11. The predicted molar refractivity (Wildman–Crippen MR) is 202 cm³/mol. The number of ether oxygens (including phenoxy) is 4. The van der Waals surface area contributed by atoms with Crippen LogP contribution in [-0.2, 0) is 26.4 Å². The van der Waals surface area contributed by atoms with Crippen LogP contribution in [-0.4, -0.2) is 91.9 Å². The molecule has 0 spiro atoms. The number of carbonyl (C=O) groups excluding carboxylic acids is 1. The maximum absolute atomic E-state index is 13.7. The maximum Gasteiger partial charge on any atom is 0.333 e. The molecule has 5 rings (SSSR count). The zero-order chi connectivity index (χ0) is 38.2. The van der Waals surface area contributed by atoms with Crippen molar-refractivity contribution in [3.63, 3.8) is 0 Å². The van der Waals surface area contributed by atoms with Crippen LogP contribution >= 0.6 is 0 Å². The number of nitrogens with zero attached hydrogens (tertiary/aromatic N) is 3. The van der Waals surface area contributed by atoms with Crippen molar-refractivity contribution in [1.82, 2.24) is 14.5 Å². The van der Waals surface area contributed by atoms with Crippen LogP contribution in [0, 0.1) is 6.92 Å². The molecule has 3 aromatic carbocycles. The molecule has 0 radical (unpaired) electrons. The van der Waals surface area contributed by atoms with Crippen LogP contribution < -0.4 is 26.0 Å². The first-order chi connectivity index (χ1) is 25.4. The van der Waals surface area contributed by atoms with Crippen molar-refractivity contribution in [1.29, 1.82) is 0 Å². The first-order valence-corrected chi connectivity index (χ1v) is 18.1. The number of methoxy groups -OCH3 is 2. The van der Waals surface area contributed by atoms with E-state index in [4.69, 9.17) is 18.9 Å². The number of aryl methyl sites for hydroxylation is 1. The molecular formula is C41H53N4O8+. The van der Waals surface area contributed by atoms with Gasteiger partial charge in [0.05, 0.1) is 48.1 Å². The van der Waals surface area contributed by atoms with Crippen molar-refractivity contribution in [2.75, 3.05) is 55.1 Å². The number of amides is 1. The van der Waals surface area contributed by atoms with Gasteiger partial charge in [-0.3, -0.25) is 18.7 Å². The highest BCUT2D eigenvalue weighted by Crippen LogP contribution is 2.42. The Kier molecular flexibility index (Phi) is 12.9. The number of nitrogens with one attached hydrogen (secondary N) is 1. The second-order valence-electron chi connectivity index (χ2n) is 14.6. The summed E-state index contributed by atoms with van der Waals surface area (Å²) >= 11 is 0. The molecule has 0 bridgehead atoms. The largest absolute Gasteiger partial charge is 0.497 e. The van der Waals surface area contributed by atoms with Gasteiger partial charge in [0.1, 0.15) is 29.4 Å². The number of carbonyl (C=O) groups is 1. The van der Waals surface area contributed by atoms with Crippen LogP contribution in [0.2, 0.25) is 0 Å². The molecule has 1 aliphatic rings. The lowest BCUT2D eigenvalue weighted by molar-refractivity contribution is -0.862. The molecular weight excluding hydrogens is 676 g/mol. The van der Waals surface area contributed by atoms with Crippen LogP contribution in [0.3, 0.4) is 0 Å². The van der Waals surface area contributed by atoms with Crippen molar-refractivity contribution < 1.29 is 33.3 Å². The van der Waals surface area contributed by atoms with E-state index in [1.807, 2.05) is 100 Å². The van der Waals surface area contributed by atoms with Crippen molar-refractivity contribution in [3.8, 4) is 11.5 Å². The van der Waals surface area contributed by atoms with E-state index in [-0.39, 0.29) is 31.0 Å². The van der Waals surface area contributed by atoms with Crippen LogP contribution in [0.25, 0.3) is 0 Å². The SMILES string of the molecule is COc1ccc(C(OCC2OC(n3cc(C)c(=O)n(CCCCCNC(=O)C[N+](C)(C)C)c3=O)CC2O)(c2ccccc2)c2ccc(OC)cc2)cc1. The maximum atomic E-state index is 13.7. The number of aliphatic hydroxyl groups excluding tert-OH is 1. The second kappa shape index (κ2) is 17.4. The van der Waals surface area contributed by atoms with E-state index >= 15 is 0 Å². The average Bonchev–Trinajstić information content (AvgIpc) is 3.52. The number of hydrogen-bond acceptors (Lipinski definition) is 8. The number of rotatable bonds is 17. The van der Waals surface area contributed by atoms with Gasteiger partial charge >= 0.3 is 5.69 Å². The molecule has 284 valence electrons. The lowest BCUT2D eigenvalue weighted by Gasteiger charge is -2.37. The first kappa shape index (κ1) is 39.5. The Morgan fingerprint density at radius 2 is 1.47 bits per heavy atom. The normalized spacial score (nSPS) is 17.5. The van der Waals surface area contributed by atoms with Crippen LogP contribution in [0.4, 0.5) is 0 Å². The highest BCUT2D eigenvalue weighted by atomic mass is 16.6. The second-order valence-corrected chi connectivity index (χ2v) is 14.6. The van der Waals surface area contributed by atoms with Gasteiger partial charge in [0, 0.05) is 31.3 Å². The summed E-state index contributed by atoms with van der Waals surface area (Å²) in [5.41, 5.74) is 0.976. The molecule has 2 heterocycles. The number of likely N-dealkylation sites (N-methyl/N-ethyl adjacent to an activating group) is 1. The third-order valence-electron chi connectivity index (χ3n) is 9.52. The molecule has 1 aliphatic heterocycles. The van der Waals surface area contributed by atoms with Gasteiger partial charge in [-0.1, -0.05) is 54.6 Å². The van der Waals surface area contributed by atoms with Crippen molar-refractivity contribution in [2.45, 2.75) is 63.2 Å². The first-order valence-electron chi connectivity index (χ1n) is 18.1. The van der Waals surface area contributed by atoms with E-state index in [0.717, 1.165) is 29.5 Å². The Balaban J connectivity index is 1.34. The minimum absolute atomic E-state index is 0.00929. The van der Waals surface area contributed by atoms with Gasteiger partial charge in [0.15, 0.2) is 6.54 Å². The topological polar surface area (TPSA) is 130 Å². The van der Waals surface area contributed by atoms with E-state index < -0.39 is 29.7 Å². The minimum Gasteiger partial charge on any atom is -0.497 e. The molecule has 1 fully saturated rings. The zero-order valence-corrected chi connectivity index (χ0v) is 31.6. The summed E-state index contributed by atoms with van der Waals surface area (Å²) in [6.45, 7) is 2.82. The molecule has 12 heteroatoms. The number of unbranched alkanes of at least 4 members (excludes halogenated alkanes) is 2. The number of aromatic nitrogens is 2. The number of hydrogen-bond donors (Lipinski definition) is 2. The molecule has 4 aromatic rings. The zero-order valence-electron chi connectivity index (χ0n) is 31.6. The summed E-state index contributed by atoms with van der Waals surface area (Å²) in [5.74, 6) is 1.39. The molecule has 1 amide bonds. The quantitative estimate of drug-likeness (QED) is 0.0949. The average molecular weight is 730 g/mol. The van der Waals surface area contributed by atoms with Crippen LogP contribution in [0.15, 0.2) is 94.6 Å². The summed E-state index contributed by atoms with van der Waals surface area (Å²) in [6, 6.07) is 25.2. The molecule has 1 saturated heterocycles. The predicted octanol–water partition coefficient (Wildman–Crippen LogP) is 3.99. The Morgan fingerprint density at radius 3 is 2.04 bits per heavy atom. The lowest BCUT2D eigenvalue weighted by Crippen LogP contribution is -2.44. The van der Waals surface area contributed by atoms with E-state index in [0.29, 0.717) is 41.1 Å². The van der Waals surface area contributed by atoms with E-state index in [2.05, 4.69) is 5.32 Å². The van der Waals surface area contributed by atoms with Gasteiger partial charge in [-0.15, -0.1) is 0 Å². The Hall–Kier alpha value is -4.75. The van der Waals surface area contributed by atoms with Crippen molar-refractivity contribution in [3.05, 3.63) is 128 Å². The molecule has 12 nitrogen and oxygen atoms in total. The van der Waals surface area contributed by atoms with Crippen molar-refractivity contribution >= 4 is 5.91 Å². The summed E-state index contributed by atoms with van der Waals surface area (Å²) in [6.07, 6.45) is 1.17. The molecule has 1 aromatic heterocycles. The summed E-state index contributed by atoms with van der Waals surface area (Å²) < 4.78 is 27.4. The fourth-order valence-corrected chi connectivity index (χ4v) is 6.77. The van der Waals surface area contributed by atoms with E-state index in [9.17, 15) is 19.5 Å². The van der Waals surface area contributed by atoms with Crippen LogP contribution in [0.1, 0.15) is 54.2 Å². The smallest absolute Gasteiger partial charge is 0.333 e. The number of quaternary nitrogens is 1. The number of benzene rings is 3. The van der Waals surface area contributed by atoms with Gasteiger partial charge in [-0.2, -0.15) is 0 Å². The fourth-order valence-electron chi connectivity index (χ4n) is 6.77. The monoisotopic (exact) mass is 729 g/mol. The minimum atomic E-state index is -1.11. The third kappa shape index (κ3) is 9.44. The van der Waals surface area contributed by atoms with Gasteiger partial charge in [-0.25, -0.2) is 4.79 Å². The molecule has 2 N–H and O–H groups in total. The van der Waals surface area contributed by atoms with Crippen LogP contribution in [0.5, 0.6) is 11.5 Å². The Labute approximate surface area is 311 Å². The van der Waals surface area contributed by atoms with Gasteiger partial charge in [0.25, 0.3) is 11.5 Å². The Bertz CT molecular complexity index is 1870. The van der Waals surface area contributed by atoms with Crippen molar-refractivity contribution in [2.24, 2.45) is 0 Å². The Morgan fingerprint density at radius 1 is 0.887 bits per heavy atom. The highest BCUT2D eigenvalue weighted by Gasteiger charge is 2.42. The number of aliphatic hydroxyl groups is 1. The lowest BCUT2D eigenvalue weighted by atomic mass is 9.80. The molecule has 0 aliphatic carbocycles. The van der Waals surface area contributed by atoms with Gasteiger partial charge in [-0.05, 0) is 67.1 Å². The molecule has 3 atom stereocenters. The van der Waals surface area contributed by atoms with E-state index in [1.165, 1.54) is 15.3 Å². The molecule has 0 saturated carbocycles. The summed E-state index contributed by atoms with van der Waals surface area (Å²) in [5, 5.41) is 14.3. The molecule has 53 heavy (non-hydrogen) atoms. The third-order valence-corrected chi connectivity index (χ3v) is 9.52. The van der Waals surface area contributed by atoms with Gasteiger partial charge in [0.2, 0.25) is 0 Å². The molecule has 3 unspecified atom stereocenters. The van der Waals surface area contributed by atoms with Gasteiger partial charge < -0.3 is 33.9 Å². The highest BCUT2D eigenvalue weighted by molar-refractivity contribution is 5.76. The van der Waals surface area contributed by atoms with E-state index in [1.54, 1.807) is 21.1 Å². The standard InChI is InChI=1S/C41H52N4O8/c1-29-26-44(40(49)43(39(29)48)24-12-8-11-23-42-37(47)27-45(2,3)4)38-25-35(46)36(53-38)28-52-41(30-13-9-7-10-14-30,31-15-19-33(50-5)20-16-31)32-17-21-34(51-6)22-18-32/h7,9-10,13-22,26,35-36,38,46H,8,11-12,23-25,27-28H2,1-6H3/p+1.